The maximum atomic E-state index is 6.19. The second-order valence-electron chi connectivity index (χ2n) is 5.27. The molecule has 1 heterocycles. The molecule has 20 heavy (non-hydrogen) atoms. The van der Waals surface area contributed by atoms with Crippen LogP contribution in [0.2, 0.25) is 5.28 Å². The minimum absolute atomic E-state index is 0.199. The lowest BCUT2D eigenvalue weighted by molar-refractivity contribution is 0.217. The lowest BCUT2D eigenvalue weighted by atomic mass is 10.2. The highest BCUT2D eigenvalue weighted by Gasteiger charge is 2.30. The summed E-state index contributed by atoms with van der Waals surface area (Å²) in [5.74, 6) is 2.30. The van der Waals surface area contributed by atoms with Crippen molar-refractivity contribution in [2.45, 2.75) is 45.1 Å². The molecule has 5 heteroatoms. The van der Waals surface area contributed by atoms with E-state index in [1.165, 1.54) is 0 Å². The van der Waals surface area contributed by atoms with E-state index in [2.05, 4.69) is 24.0 Å². The van der Waals surface area contributed by atoms with Crippen molar-refractivity contribution in [1.82, 2.24) is 14.8 Å². The van der Waals surface area contributed by atoms with Gasteiger partial charge in [-0.15, -0.1) is 10.2 Å². The summed E-state index contributed by atoms with van der Waals surface area (Å²) in [7, 11) is 0. The minimum Gasteiger partial charge on any atom is -0.491 e. The molecule has 1 aromatic carbocycles. The second-order valence-corrected chi connectivity index (χ2v) is 5.61. The van der Waals surface area contributed by atoms with Gasteiger partial charge in [0.2, 0.25) is 5.28 Å². The van der Waals surface area contributed by atoms with Gasteiger partial charge in [0, 0.05) is 12.0 Å². The summed E-state index contributed by atoms with van der Waals surface area (Å²) in [5.41, 5.74) is 0.961. The van der Waals surface area contributed by atoms with Crippen molar-refractivity contribution in [3.05, 3.63) is 35.4 Å². The van der Waals surface area contributed by atoms with Crippen LogP contribution in [0.1, 0.15) is 44.9 Å². The molecule has 1 aliphatic rings. The molecule has 1 unspecified atom stereocenters. The van der Waals surface area contributed by atoms with Gasteiger partial charge in [0.1, 0.15) is 11.6 Å². The minimum atomic E-state index is 0.199. The molecule has 1 fully saturated rings. The Kier molecular flexibility index (Phi) is 3.66. The van der Waals surface area contributed by atoms with Gasteiger partial charge >= 0.3 is 0 Å². The van der Waals surface area contributed by atoms with E-state index in [0.29, 0.717) is 11.2 Å². The van der Waals surface area contributed by atoms with Crippen molar-refractivity contribution in [2.75, 3.05) is 0 Å². The van der Waals surface area contributed by atoms with E-state index in [4.69, 9.17) is 16.3 Å². The molecule has 3 rings (SSSR count). The maximum absolute atomic E-state index is 6.19. The van der Waals surface area contributed by atoms with E-state index in [1.54, 1.807) is 0 Å². The number of benzene rings is 1. The van der Waals surface area contributed by atoms with Gasteiger partial charge < -0.3 is 4.74 Å². The quantitative estimate of drug-likeness (QED) is 0.836. The molecule has 0 amide bonds. The molecule has 1 aliphatic carbocycles. The van der Waals surface area contributed by atoms with Crippen molar-refractivity contribution in [3.63, 3.8) is 0 Å². The zero-order valence-corrected chi connectivity index (χ0v) is 12.5. The largest absolute Gasteiger partial charge is 0.491 e. The maximum Gasteiger partial charge on any atom is 0.229 e. The molecular weight excluding hydrogens is 274 g/mol. The van der Waals surface area contributed by atoms with E-state index in [1.807, 2.05) is 28.8 Å². The molecule has 0 saturated heterocycles. The van der Waals surface area contributed by atoms with Crippen LogP contribution in [0.3, 0.4) is 0 Å². The summed E-state index contributed by atoms with van der Waals surface area (Å²) in [6.07, 6.45) is 3.51. The number of hydrogen-bond donors (Lipinski definition) is 0. The van der Waals surface area contributed by atoms with E-state index in [9.17, 15) is 0 Å². The third-order valence-electron chi connectivity index (χ3n) is 3.58. The van der Waals surface area contributed by atoms with Crippen LogP contribution in [-0.2, 0) is 0 Å². The summed E-state index contributed by atoms with van der Waals surface area (Å²) in [4.78, 5) is 0. The van der Waals surface area contributed by atoms with Crippen LogP contribution in [0.15, 0.2) is 24.3 Å². The van der Waals surface area contributed by atoms with Gasteiger partial charge in [0.05, 0.1) is 11.8 Å². The Labute approximate surface area is 123 Å². The average molecular weight is 292 g/mol. The van der Waals surface area contributed by atoms with Crippen molar-refractivity contribution < 1.29 is 4.74 Å². The Bertz CT molecular complexity index is 607. The summed E-state index contributed by atoms with van der Waals surface area (Å²) in [6, 6.07) is 7.93. The van der Waals surface area contributed by atoms with E-state index >= 15 is 0 Å². The molecule has 1 aromatic heterocycles. The number of halogens is 1. The van der Waals surface area contributed by atoms with Gasteiger partial charge in [-0.1, -0.05) is 13.0 Å². The highest BCUT2D eigenvalue weighted by atomic mass is 35.5. The van der Waals surface area contributed by atoms with Crippen molar-refractivity contribution in [2.24, 2.45) is 0 Å². The molecule has 2 aromatic rings. The van der Waals surface area contributed by atoms with Crippen LogP contribution in [-0.4, -0.2) is 20.9 Å². The highest BCUT2D eigenvalue weighted by Crippen LogP contribution is 2.40. The molecule has 0 bridgehead atoms. The molecule has 1 saturated carbocycles. The Morgan fingerprint density at radius 1 is 1.40 bits per heavy atom. The average Bonchev–Trinajstić information content (AvgIpc) is 3.22. The number of rotatable bonds is 5. The summed E-state index contributed by atoms with van der Waals surface area (Å²) in [5, 5.41) is 8.61. The Balaban J connectivity index is 1.94. The Hall–Kier alpha value is -1.55. The zero-order chi connectivity index (χ0) is 14.1. The SMILES string of the molecule is CCC(C)Oc1cccc(-n2c(Cl)nnc2C2CC2)c1. The third-order valence-corrected chi connectivity index (χ3v) is 3.82. The van der Waals surface area contributed by atoms with Crippen LogP contribution in [0.4, 0.5) is 0 Å². The van der Waals surface area contributed by atoms with Crippen molar-refractivity contribution in [3.8, 4) is 11.4 Å². The first-order valence-electron chi connectivity index (χ1n) is 7.07. The van der Waals surface area contributed by atoms with Crippen LogP contribution < -0.4 is 4.74 Å². The standard InChI is InChI=1S/C15H18ClN3O/c1-3-10(2)20-13-6-4-5-12(9-13)19-14(11-7-8-11)17-18-15(19)16/h4-6,9-11H,3,7-8H2,1-2H3. The summed E-state index contributed by atoms with van der Waals surface area (Å²) >= 11 is 6.19. The first kappa shape index (κ1) is 13.4. The smallest absolute Gasteiger partial charge is 0.229 e. The third kappa shape index (κ3) is 2.66. The fourth-order valence-electron chi connectivity index (χ4n) is 2.13. The van der Waals surface area contributed by atoms with Crippen LogP contribution in [0.25, 0.3) is 5.69 Å². The first-order valence-corrected chi connectivity index (χ1v) is 7.44. The fraction of sp³-hybridized carbons (Fsp3) is 0.467. The molecule has 0 aliphatic heterocycles. The monoisotopic (exact) mass is 291 g/mol. The van der Waals surface area contributed by atoms with Gasteiger partial charge in [-0.25, -0.2) is 0 Å². The van der Waals surface area contributed by atoms with E-state index < -0.39 is 0 Å². The van der Waals surface area contributed by atoms with Gasteiger partial charge in [-0.3, -0.25) is 4.57 Å². The summed E-state index contributed by atoms with van der Waals surface area (Å²) < 4.78 is 7.78. The van der Waals surface area contributed by atoms with Crippen LogP contribution in [0, 0.1) is 0 Å². The van der Waals surface area contributed by atoms with E-state index in [-0.39, 0.29) is 6.10 Å². The lowest BCUT2D eigenvalue weighted by Gasteiger charge is -2.14. The molecule has 0 spiro atoms. The predicted molar refractivity (Wildman–Crippen MR) is 78.7 cm³/mol. The predicted octanol–water partition coefficient (Wildman–Crippen LogP) is 3.98. The molecule has 106 valence electrons. The zero-order valence-electron chi connectivity index (χ0n) is 11.7. The normalized spacial score (nSPS) is 16.1. The van der Waals surface area contributed by atoms with Crippen molar-refractivity contribution >= 4 is 11.6 Å². The molecule has 0 N–H and O–H groups in total. The molecule has 4 nitrogen and oxygen atoms in total. The van der Waals surface area contributed by atoms with Crippen LogP contribution >= 0.6 is 11.6 Å². The number of ether oxygens (including phenoxy) is 1. The first-order chi connectivity index (χ1) is 9.69. The van der Waals surface area contributed by atoms with Gasteiger partial charge in [-0.2, -0.15) is 0 Å². The molecular formula is C15H18ClN3O. The molecule has 1 atom stereocenters. The van der Waals surface area contributed by atoms with Gasteiger partial charge in [0.25, 0.3) is 0 Å². The van der Waals surface area contributed by atoms with Crippen molar-refractivity contribution in [1.29, 1.82) is 0 Å². The number of hydrogen-bond acceptors (Lipinski definition) is 3. The van der Waals surface area contributed by atoms with Crippen LogP contribution in [0.5, 0.6) is 5.75 Å². The second kappa shape index (κ2) is 5.44. The highest BCUT2D eigenvalue weighted by molar-refractivity contribution is 6.28. The molecule has 0 radical (unpaired) electrons. The number of nitrogens with zero attached hydrogens (tertiary/aromatic N) is 3. The topological polar surface area (TPSA) is 39.9 Å². The van der Waals surface area contributed by atoms with Gasteiger partial charge in [0.15, 0.2) is 0 Å². The Morgan fingerprint density at radius 2 is 2.20 bits per heavy atom. The van der Waals surface area contributed by atoms with Gasteiger partial charge in [-0.05, 0) is 49.9 Å². The fourth-order valence-corrected chi connectivity index (χ4v) is 2.35. The Morgan fingerprint density at radius 3 is 2.90 bits per heavy atom. The summed E-state index contributed by atoms with van der Waals surface area (Å²) in [6.45, 7) is 4.17. The number of aromatic nitrogens is 3. The van der Waals surface area contributed by atoms with E-state index in [0.717, 1.165) is 36.5 Å². The lowest BCUT2D eigenvalue weighted by Crippen LogP contribution is -2.10.